The van der Waals surface area contributed by atoms with E-state index < -0.39 is 0 Å². The first kappa shape index (κ1) is 13.3. The van der Waals surface area contributed by atoms with Gasteiger partial charge in [0.25, 0.3) is 0 Å². The number of rotatable bonds is 2. The molecule has 1 amide bonds. The van der Waals surface area contributed by atoms with Gasteiger partial charge in [-0.25, -0.2) is 0 Å². The summed E-state index contributed by atoms with van der Waals surface area (Å²) in [5.74, 6) is 2.68. The molecular weight excluding hydrogens is 260 g/mol. The van der Waals surface area contributed by atoms with Crippen LogP contribution in [0.15, 0.2) is 18.2 Å². The molecule has 2 fully saturated rings. The number of amides is 1. The van der Waals surface area contributed by atoms with Crippen LogP contribution in [0.3, 0.4) is 0 Å². The third-order valence-corrected chi connectivity index (χ3v) is 5.97. The van der Waals surface area contributed by atoms with Gasteiger partial charge in [-0.1, -0.05) is 25.0 Å². The predicted octanol–water partition coefficient (Wildman–Crippen LogP) is 3.03. The molecule has 3 aliphatic rings. The maximum absolute atomic E-state index is 11.8. The summed E-state index contributed by atoms with van der Waals surface area (Å²) in [6.45, 7) is 0. The highest BCUT2D eigenvalue weighted by atomic mass is 16.2. The van der Waals surface area contributed by atoms with Crippen LogP contribution in [-0.4, -0.2) is 13.0 Å². The minimum absolute atomic E-state index is 0.186. The van der Waals surface area contributed by atoms with Gasteiger partial charge in [0.05, 0.1) is 0 Å². The van der Waals surface area contributed by atoms with Gasteiger partial charge in [-0.15, -0.1) is 0 Å². The zero-order valence-corrected chi connectivity index (χ0v) is 12.7. The highest BCUT2D eigenvalue weighted by Gasteiger charge is 2.53. The van der Waals surface area contributed by atoms with E-state index in [0.717, 1.165) is 23.9 Å². The van der Waals surface area contributed by atoms with Gasteiger partial charge in [0, 0.05) is 25.2 Å². The van der Waals surface area contributed by atoms with Crippen LogP contribution in [0.4, 0.5) is 5.69 Å². The van der Waals surface area contributed by atoms with E-state index in [1.54, 1.807) is 4.90 Å². The molecule has 1 aromatic carbocycles. The Bertz CT molecular complexity index is 571. The van der Waals surface area contributed by atoms with Crippen molar-refractivity contribution in [2.45, 2.75) is 44.6 Å². The maximum atomic E-state index is 11.8. The Morgan fingerprint density at radius 3 is 2.62 bits per heavy atom. The van der Waals surface area contributed by atoms with Crippen LogP contribution in [0.25, 0.3) is 0 Å². The molecule has 1 heterocycles. The van der Waals surface area contributed by atoms with Crippen molar-refractivity contribution in [1.29, 1.82) is 0 Å². The third-order valence-electron chi connectivity index (χ3n) is 5.97. The number of hydrogen-bond acceptors (Lipinski definition) is 2. The molecule has 3 atom stereocenters. The van der Waals surface area contributed by atoms with Crippen molar-refractivity contribution in [2.24, 2.45) is 23.5 Å². The Kier molecular flexibility index (Phi) is 3.07. The first-order valence-electron chi connectivity index (χ1n) is 8.32. The van der Waals surface area contributed by atoms with E-state index >= 15 is 0 Å². The van der Waals surface area contributed by atoms with E-state index in [2.05, 4.69) is 18.2 Å². The van der Waals surface area contributed by atoms with Crippen LogP contribution in [0.2, 0.25) is 0 Å². The molecule has 0 bridgehead atoms. The van der Waals surface area contributed by atoms with Crippen LogP contribution < -0.4 is 10.6 Å². The summed E-state index contributed by atoms with van der Waals surface area (Å²) in [5.41, 5.74) is 10.2. The van der Waals surface area contributed by atoms with Gasteiger partial charge in [0.15, 0.2) is 0 Å². The molecule has 2 saturated carbocycles. The van der Waals surface area contributed by atoms with Crippen molar-refractivity contribution in [3.8, 4) is 0 Å². The zero-order valence-electron chi connectivity index (χ0n) is 12.7. The molecule has 0 aromatic heterocycles. The van der Waals surface area contributed by atoms with Crippen molar-refractivity contribution in [1.82, 2.24) is 0 Å². The first-order valence-corrected chi connectivity index (χ1v) is 8.32. The number of nitrogens with zero attached hydrogens (tertiary/aromatic N) is 1. The fourth-order valence-electron chi connectivity index (χ4n) is 4.69. The summed E-state index contributed by atoms with van der Waals surface area (Å²) in [6.07, 6.45) is 7.02. The SMILES string of the molecule is CN1C(=O)CCc2cc(C(N)C3C4CCCCC43)ccc21. The van der Waals surface area contributed by atoms with E-state index in [-0.39, 0.29) is 11.9 Å². The lowest BCUT2D eigenvalue weighted by atomic mass is 9.94. The molecule has 2 aliphatic carbocycles. The Morgan fingerprint density at radius 2 is 1.90 bits per heavy atom. The van der Waals surface area contributed by atoms with E-state index in [1.165, 1.54) is 36.8 Å². The molecule has 0 saturated heterocycles. The van der Waals surface area contributed by atoms with Crippen molar-refractivity contribution in [3.05, 3.63) is 29.3 Å². The summed E-state index contributed by atoms with van der Waals surface area (Å²) < 4.78 is 0. The number of carbonyl (C=O) groups excluding carboxylic acids is 1. The maximum Gasteiger partial charge on any atom is 0.227 e. The lowest BCUT2D eigenvalue weighted by molar-refractivity contribution is -0.118. The fraction of sp³-hybridized carbons (Fsp3) is 0.611. The summed E-state index contributed by atoms with van der Waals surface area (Å²) >= 11 is 0. The standard InChI is InChI=1S/C18H24N2O/c1-20-15-8-6-12(10-11(15)7-9-16(20)21)18(19)17-13-4-2-3-5-14(13)17/h6,8,10,13-14,17-18H,2-5,7,9,19H2,1H3. The lowest BCUT2D eigenvalue weighted by Gasteiger charge is -2.27. The van der Waals surface area contributed by atoms with Crippen molar-refractivity contribution < 1.29 is 4.79 Å². The largest absolute Gasteiger partial charge is 0.324 e. The van der Waals surface area contributed by atoms with Gasteiger partial charge in [-0.2, -0.15) is 0 Å². The first-order chi connectivity index (χ1) is 10.2. The van der Waals surface area contributed by atoms with Gasteiger partial charge in [0.1, 0.15) is 0 Å². The number of anilines is 1. The molecule has 21 heavy (non-hydrogen) atoms. The number of fused-ring (bicyclic) bond motifs is 2. The van der Waals surface area contributed by atoms with Gasteiger partial charge in [0.2, 0.25) is 5.91 Å². The zero-order chi connectivity index (χ0) is 14.6. The predicted molar refractivity (Wildman–Crippen MR) is 84.0 cm³/mol. The van der Waals surface area contributed by atoms with Crippen molar-refractivity contribution >= 4 is 11.6 Å². The van der Waals surface area contributed by atoms with E-state index in [0.29, 0.717) is 12.3 Å². The van der Waals surface area contributed by atoms with Crippen LogP contribution in [0, 0.1) is 17.8 Å². The molecule has 0 radical (unpaired) electrons. The summed E-state index contributed by atoms with van der Waals surface area (Å²) in [4.78, 5) is 13.5. The molecule has 112 valence electrons. The summed E-state index contributed by atoms with van der Waals surface area (Å²) in [6, 6.07) is 6.68. The van der Waals surface area contributed by atoms with Gasteiger partial charge < -0.3 is 10.6 Å². The van der Waals surface area contributed by atoms with E-state index in [9.17, 15) is 4.79 Å². The quantitative estimate of drug-likeness (QED) is 0.907. The molecule has 3 heteroatoms. The fourth-order valence-corrected chi connectivity index (χ4v) is 4.69. The monoisotopic (exact) mass is 284 g/mol. The summed E-state index contributed by atoms with van der Waals surface area (Å²) in [7, 11) is 1.87. The van der Waals surface area contributed by atoms with Gasteiger partial charge >= 0.3 is 0 Å². The summed E-state index contributed by atoms with van der Waals surface area (Å²) in [5, 5.41) is 0. The molecule has 1 aromatic rings. The number of benzene rings is 1. The highest BCUT2D eigenvalue weighted by Crippen LogP contribution is 2.59. The Morgan fingerprint density at radius 1 is 1.19 bits per heavy atom. The second-order valence-corrected chi connectivity index (χ2v) is 7.06. The number of carbonyl (C=O) groups is 1. The van der Waals surface area contributed by atoms with Gasteiger partial charge in [-0.05, 0) is 54.2 Å². The molecule has 3 unspecified atom stereocenters. The molecular formula is C18H24N2O. The highest BCUT2D eigenvalue weighted by molar-refractivity contribution is 5.95. The number of hydrogen-bond donors (Lipinski definition) is 1. The molecule has 3 nitrogen and oxygen atoms in total. The Balaban J connectivity index is 1.58. The van der Waals surface area contributed by atoms with Crippen LogP contribution in [0.5, 0.6) is 0 Å². The van der Waals surface area contributed by atoms with Crippen molar-refractivity contribution in [3.63, 3.8) is 0 Å². The van der Waals surface area contributed by atoms with Gasteiger partial charge in [-0.3, -0.25) is 4.79 Å². The Labute approximate surface area is 126 Å². The minimum atomic E-state index is 0.186. The molecule has 0 spiro atoms. The molecule has 4 rings (SSSR count). The van der Waals surface area contributed by atoms with Crippen LogP contribution in [0.1, 0.15) is 49.3 Å². The average molecular weight is 284 g/mol. The lowest BCUT2D eigenvalue weighted by Crippen LogP contribution is -2.31. The Hall–Kier alpha value is -1.35. The molecule has 2 N–H and O–H groups in total. The second-order valence-electron chi connectivity index (χ2n) is 7.06. The molecule has 1 aliphatic heterocycles. The second kappa shape index (κ2) is 4.84. The van der Waals surface area contributed by atoms with E-state index in [1.807, 2.05) is 7.05 Å². The average Bonchev–Trinajstić information content (AvgIpc) is 3.24. The third kappa shape index (κ3) is 2.10. The smallest absolute Gasteiger partial charge is 0.227 e. The topological polar surface area (TPSA) is 46.3 Å². The van der Waals surface area contributed by atoms with E-state index in [4.69, 9.17) is 5.73 Å². The van der Waals surface area contributed by atoms with Crippen molar-refractivity contribution in [2.75, 3.05) is 11.9 Å². The van der Waals surface area contributed by atoms with Crippen LogP contribution >= 0.6 is 0 Å². The minimum Gasteiger partial charge on any atom is -0.324 e. The number of nitrogens with two attached hydrogens (primary N) is 1. The number of aryl methyl sites for hydroxylation is 1. The normalized spacial score (nSPS) is 32.4. The van der Waals surface area contributed by atoms with Crippen LogP contribution in [-0.2, 0) is 11.2 Å².